The summed E-state index contributed by atoms with van der Waals surface area (Å²) in [5.74, 6) is 0.0708. The smallest absolute Gasteiger partial charge is 0.299 e. The van der Waals surface area contributed by atoms with Crippen molar-refractivity contribution in [2.24, 2.45) is 0 Å². The van der Waals surface area contributed by atoms with Gasteiger partial charge in [-0.15, -0.1) is 5.10 Å². The molecule has 0 fully saturated rings. The molecule has 0 saturated carbocycles. The maximum absolute atomic E-state index is 12.2. The lowest BCUT2D eigenvalue weighted by Gasteiger charge is -1.97. The van der Waals surface area contributed by atoms with Gasteiger partial charge in [0.15, 0.2) is 5.65 Å². The normalized spacial score (nSPS) is 11.1. The number of hydrogen-bond acceptors (Lipinski definition) is 3. The first-order valence-electron chi connectivity index (χ1n) is 3.89. The van der Waals surface area contributed by atoms with Crippen molar-refractivity contribution in [2.75, 3.05) is 7.11 Å². The van der Waals surface area contributed by atoms with Gasteiger partial charge in [-0.05, 0) is 12.1 Å². The van der Waals surface area contributed by atoms with E-state index in [1.165, 1.54) is 17.8 Å². The topological polar surface area (TPSA) is 39.4 Å². The van der Waals surface area contributed by atoms with Gasteiger partial charge in [0.05, 0.1) is 13.3 Å². The third-order valence-corrected chi connectivity index (χ3v) is 1.75. The Morgan fingerprint density at radius 2 is 2.21 bits per heavy atom. The highest BCUT2D eigenvalue weighted by atomic mass is 19.3. The molecule has 0 saturated heterocycles. The molecule has 0 unspecified atom stereocenters. The zero-order chi connectivity index (χ0) is 10.1. The molecular weight excluding hydrogens is 192 g/mol. The van der Waals surface area contributed by atoms with E-state index in [-0.39, 0.29) is 0 Å². The Balaban J connectivity index is 2.54. The second-order valence-electron chi connectivity index (χ2n) is 2.64. The van der Waals surface area contributed by atoms with Crippen LogP contribution in [0.3, 0.4) is 0 Å². The molecule has 4 nitrogen and oxygen atoms in total. The average Bonchev–Trinajstić information content (AvgIpc) is 2.59. The van der Waals surface area contributed by atoms with E-state index in [4.69, 9.17) is 4.74 Å². The SMILES string of the molecule is COc1ccc2nc(C(F)F)nn2c1. The number of pyridine rings is 1. The number of rotatable bonds is 2. The van der Waals surface area contributed by atoms with Crippen molar-refractivity contribution in [3.05, 3.63) is 24.2 Å². The maximum atomic E-state index is 12.2. The fourth-order valence-corrected chi connectivity index (χ4v) is 1.09. The molecule has 0 amide bonds. The van der Waals surface area contributed by atoms with E-state index in [1.54, 1.807) is 12.1 Å². The van der Waals surface area contributed by atoms with Gasteiger partial charge in [0.2, 0.25) is 5.82 Å². The van der Waals surface area contributed by atoms with Crippen LogP contribution in [-0.2, 0) is 0 Å². The fourth-order valence-electron chi connectivity index (χ4n) is 1.09. The number of nitrogens with zero attached hydrogens (tertiary/aromatic N) is 3. The van der Waals surface area contributed by atoms with E-state index in [9.17, 15) is 8.78 Å². The number of fused-ring (bicyclic) bond motifs is 1. The van der Waals surface area contributed by atoms with E-state index in [0.717, 1.165) is 0 Å². The monoisotopic (exact) mass is 199 g/mol. The van der Waals surface area contributed by atoms with E-state index in [0.29, 0.717) is 11.4 Å². The Bertz CT molecular complexity index is 455. The second-order valence-corrected chi connectivity index (χ2v) is 2.64. The Morgan fingerprint density at radius 1 is 1.43 bits per heavy atom. The summed E-state index contributed by atoms with van der Waals surface area (Å²) >= 11 is 0. The van der Waals surface area contributed by atoms with Crippen LogP contribution >= 0.6 is 0 Å². The van der Waals surface area contributed by atoms with Crippen LogP contribution in [0.4, 0.5) is 8.78 Å². The Hall–Kier alpha value is -1.72. The first-order valence-corrected chi connectivity index (χ1v) is 3.89. The quantitative estimate of drug-likeness (QED) is 0.738. The lowest BCUT2D eigenvalue weighted by molar-refractivity contribution is 0.140. The van der Waals surface area contributed by atoms with Gasteiger partial charge in [0.25, 0.3) is 6.43 Å². The number of hydrogen-bond donors (Lipinski definition) is 0. The number of methoxy groups -OCH3 is 1. The molecule has 0 aliphatic carbocycles. The van der Waals surface area contributed by atoms with Crippen molar-refractivity contribution in [3.8, 4) is 5.75 Å². The summed E-state index contributed by atoms with van der Waals surface area (Å²) in [6.45, 7) is 0. The van der Waals surface area contributed by atoms with Crippen molar-refractivity contribution in [3.63, 3.8) is 0 Å². The molecule has 2 rings (SSSR count). The second kappa shape index (κ2) is 3.21. The van der Waals surface area contributed by atoms with E-state index in [1.807, 2.05) is 0 Å². The largest absolute Gasteiger partial charge is 0.495 e. The molecule has 74 valence electrons. The molecular formula is C8H7F2N3O. The predicted octanol–water partition coefficient (Wildman–Crippen LogP) is 1.68. The third kappa shape index (κ3) is 1.39. The summed E-state index contributed by atoms with van der Waals surface area (Å²) in [5.41, 5.74) is 0.376. The van der Waals surface area contributed by atoms with Crippen LogP contribution in [0, 0.1) is 0 Å². The van der Waals surface area contributed by atoms with E-state index >= 15 is 0 Å². The molecule has 2 heterocycles. The summed E-state index contributed by atoms with van der Waals surface area (Å²) in [6, 6.07) is 3.21. The van der Waals surface area contributed by atoms with Crippen molar-refractivity contribution < 1.29 is 13.5 Å². The molecule has 0 spiro atoms. The summed E-state index contributed by atoms with van der Waals surface area (Å²) in [7, 11) is 1.49. The summed E-state index contributed by atoms with van der Waals surface area (Å²) in [6.07, 6.45) is -1.16. The number of ether oxygens (including phenoxy) is 1. The summed E-state index contributed by atoms with van der Waals surface area (Å²) in [5, 5.41) is 3.60. The molecule has 6 heteroatoms. The molecule has 14 heavy (non-hydrogen) atoms. The van der Waals surface area contributed by atoms with Crippen molar-refractivity contribution in [2.45, 2.75) is 6.43 Å². The van der Waals surface area contributed by atoms with Gasteiger partial charge in [-0.3, -0.25) is 0 Å². The summed E-state index contributed by atoms with van der Waals surface area (Å²) < 4.78 is 30.6. The van der Waals surface area contributed by atoms with Crippen molar-refractivity contribution in [1.29, 1.82) is 0 Å². The highest BCUT2D eigenvalue weighted by molar-refractivity contribution is 5.40. The van der Waals surface area contributed by atoms with Crippen LogP contribution < -0.4 is 4.74 Å². The van der Waals surface area contributed by atoms with Gasteiger partial charge >= 0.3 is 0 Å². The van der Waals surface area contributed by atoms with Gasteiger partial charge < -0.3 is 4.74 Å². The Labute approximate surface area is 78.1 Å². The molecule has 0 radical (unpaired) electrons. The zero-order valence-electron chi connectivity index (χ0n) is 7.32. The molecule has 0 aromatic carbocycles. The van der Waals surface area contributed by atoms with Crippen LogP contribution in [-0.4, -0.2) is 21.7 Å². The lowest BCUT2D eigenvalue weighted by Crippen LogP contribution is -1.91. The molecule has 0 aliphatic rings. The molecule has 2 aromatic heterocycles. The first kappa shape index (κ1) is 8.86. The van der Waals surface area contributed by atoms with Crippen molar-refractivity contribution in [1.82, 2.24) is 14.6 Å². The molecule has 0 N–H and O–H groups in total. The van der Waals surface area contributed by atoms with Gasteiger partial charge in [-0.1, -0.05) is 0 Å². The van der Waals surface area contributed by atoms with Crippen LogP contribution in [0.15, 0.2) is 18.3 Å². The van der Waals surface area contributed by atoms with Crippen LogP contribution in [0.5, 0.6) is 5.75 Å². The predicted molar refractivity (Wildman–Crippen MR) is 44.5 cm³/mol. The lowest BCUT2D eigenvalue weighted by atomic mass is 10.4. The van der Waals surface area contributed by atoms with Crippen LogP contribution in [0.1, 0.15) is 12.2 Å². The highest BCUT2D eigenvalue weighted by Gasteiger charge is 2.13. The first-order chi connectivity index (χ1) is 6.70. The fraction of sp³-hybridized carbons (Fsp3) is 0.250. The molecule has 2 aromatic rings. The minimum Gasteiger partial charge on any atom is -0.495 e. The maximum Gasteiger partial charge on any atom is 0.299 e. The number of halogens is 2. The minimum atomic E-state index is -2.65. The van der Waals surface area contributed by atoms with E-state index < -0.39 is 12.2 Å². The third-order valence-electron chi connectivity index (χ3n) is 1.75. The summed E-state index contributed by atoms with van der Waals surface area (Å²) in [4.78, 5) is 3.63. The number of aromatic nitrogens is 3. The van der Waals surface area contributed by atoms with Crippen LogP contribution in [0.2, 0.25) is 0 Å². The number of alkyl halides is 2. The van der Waals surface area contributed by atoms with E-state index in [2.05, 4.69) is 10.1 Å². The Kier molecular flexibility index (Phi) is 2.03. The van der Waals surface area contributed by atoms with Crippen LogP contribution in [0.25, 0.3) is 5.65 Å². The minimum absolute atomic E-state index is 0.376. The van der Waals surface area contributed by atoms with Gasteiger partial charge in [-0.25, -0.2) is 18.3 Å². The highest BCUT2D eigenvalue weighted by Crippen LogP contribution is 2.17. The van der Waals surface area contributed by atoms with Crippen molar-refractivity contribution >= 4 is 5.65 Å². The van der Waals surface area contributed by atoms with Gasteiger partial charge in [-0.2, -0.15) is 0 Å². The molecule has 0 bridgehead atoms. The van der Waals surface area contributed by atoms with Gasteiger partial charge in [0, 0.05) is 0 Å². The van der Waals surface area contributed by atoms with Gasteiger partial charge in [0.1, 0.15) is 5.75 Å². The molecule has 0 atom stereocenters. The average molecular weight is 199 g/mol. The Morgan fingerprint density at radius 3 is 2.86 bits per heavy atom. The molecule has 0 aliphatic heterocycles. The zero-order valence-corrected chi connectivity index (χ0v) is 7.32. The standard InChI is InChI=1S/C8H7F2N3O/c1-14-5-2-3-6-11-8(7(9)10)12-13(6)4-5/h2-4,7H,1H3.